The van der Waals surface area contributed by atoms with Crippen LogP contribution in [0.25, 0.3) is 0 Å². The lowest BCUT2D eigenvalue weighted by atomic mass is 9.85. The van der Waals surface area contributed by atoms with Gasteiger partial charge in [0.25, 0.3) is 0 Å². The van der Waals surface area contributed by atoms with E-state index < -0.39 is 29.7 Å². The number of ether oxygens (including phenoxy) is 5. The molecule has 0 bridgehead atoms. The molecule has 0 heterocycles. The molecular formula is C32H36N2O8. The van der Waals surface area contributed by atoms with E-state index in [-0.39, 0.29) is 19.6 Å². The van der Waals surface area contributed by atoms with Crippen LogP contribution in [0.3, 0.4) is 0 Å². The van der Waals surface area contributed by atoms with Crippen molar-refractivity contribution in [1.82, 2.24) is 10.6 Å². The van der Waals surface area contributed by atoms with Crippen molar-refractivity contribution < 1.29 is 38.1 Å². The van der Waals surface area contributed by atoms with Crippen LogP contribution < -0.4 is 15.4 Å². The molecule has 0 aliphatic heterocycles. The Kier molecular flexibility index (Phi) is 9.57. The molecule has 0 saturated carbocycles. The molecule has 0 radical (unpaired) electrons. The van der Waals surface area contributed by atoms with Crippen molar-refractivity contribution in [3.8, 4) is 11.5 Å². The molecule has 2 amide bonds. The summed E-state index contributed by atoms with van der Waals surface area (Å²) in [7, 11) is 1.21. The summed E-state index contributed by atoms with van der Waals surface area (Å²) in [5.41, 5.74) is 1.20. The Morgan fingerprint density at radius 3 is 2.33 bits per heavy atom. The molecule has 0 fully saturated rings. The molecule has 10 nitrogen and oxygen atoms in total. The van der Waals surface area contributed by atoms with Crippen molar-refractivity contribution in [2.24, 2.45) is 0 Å². The van der Waals surface area contributed by atoms with Gasteiger partial charge in [-0.25, -0.2) is 14.4 Å². The number of carbonyl (C=O) groups is 3. The van der Waals surface area contributed by atoms with Crippen molar-refractivity contribution >= 4 is 18.3 Å². The Hall–Kier alpha value is -4.73. The average molecular weight is 577 g/mol. The second kappa shape index (κ2) is 13.3. The van der Waals surface area contributed by atoms with E-state index >= 15 is 0 Å². The molecule has 1 atom stereocenters. The minimum atomic E-state index is -1.41. The first-order chi connectivity index (χ1) is 20.1. The summed E-state index contributed by atoms with van der Waals surface area (Å²) in [6.45, 7) is 5.58. The van der Waals surface area contributed by atoms with Crippen molar-refractivity contribution in [1.29, 1.82) is 0 Å². The van der Waals surface area contributed by atoms with Crippen LogP contribution in [0, 0.1) is 0 Å². The third kappa shape index (κ3) is 8.39. The van der Waals surface area contributed by atoms with Crippen LogP contribution in [-0.2, 0) is 44.9 Å². The van der Waals surface area contributed by atoms with Crippen LogP contribution in [0.4, 0.5) is 14.4 Å². The summed E-state index contributed by atoms with van der Waals surface area (Å²) >= 11 is 0. The summed E-state index contributed by atoms with van der Waals surface area (Å²) in [5.74, 6) is 1.05. The second-order valence-corrected chi connectivity index (χ2v) is 10.9. The number of amides is 2. The molecule has 0 aromatic heterocycles. The number of nitrogens with one attached hydrogen (secondary N) is 2. The minimum Gasteiger partial charge on any atom is -0.457 e. The zero-order chi connectivity index (χ0) is 30.2. The van der Waals surface area contributed by atoms with Crippen LogP contribution >= 0.6 is 0 Å². The maximum Gasteiger partial charge on any atom is 0.510 e. The first-order valence-electron chi connectivity index (χ1n) is 13.6. The van der Waals surface area contributed by atoms with E-state index in [4.69, 9.17) is 23.7 Å². The molecule has 0 saturated heterocycles. The highest BCUT2D eigenvalue weighted by atomic mass is 16.7. The van der Waals surface area contributed by atoms with Crippen LogP contribution in [0.1, 0.15) is 49.4 Å². The standard InChI is InChI=1S/C32H36N2O8/c1-31(2,3)41-29(36)34-32(42-30(37)38-4)18-17-23-14-10-16-27(25(23)19-32)40-26-15-9-8-13-24(26)20-33-28(35)39-21-22-11-6-5-7-12-22/h5-16H,17-21H2,1-4H3,(H,33,35)(H,34,36)/t32-/m1/s1. The van der Waals surface area contributed by atoms with Gasteiger partial charge < -0.3 is 29.0 Å². The molecule has 10 heteroatoms. The third-order valence-corrected chi connectivity index (χ3v) is 6.49. The van der Waals surface area contributed by atoms with E-state index in [0.717, 1.165) is 22.3 Å². The van der Waals surface area contributed by atoms with E-state index in [2.05, 4.69) is 10.6 Å². The molecular weight excluding hydrogens is 540 g/mol. The minimum absolute atomic E-state index is 0.124. The smallest absolute Gasteiger partial charge is 0.457 e. The maximum atomic E-state index is 12.7. The van der Waals surface area contributed by atoms with E-state index in [1.165, 1.54) is 7.11 Å². The first-order valence-corrected chi connectivity index (χ1v) is 13.6. The molecule has 0 spiro atoms. The van der Waals surface area contributed by atoms with Crippen LogP contribution in [0.2, 0.25) is 0 Å². The fraction of sp³-hybridized carbons (Fsp3) is 0.344. The van der Waals surface area contributed by atoms with Gasteiger partial charge in [0.15, 0.2) is 5.72 Å². The summed E-state index contributed by atoms with van der Waals surface area (Å²) in [6, 6.07) is 22.4. The normalized spacial score (nSPS) is 15.9. The van der Waals surface area contributed by atoms with Crippen LogP contribution in [0.15, 0.2) is 72.8 Å². The van der Waals surface area contributed by atoms with Gasteiger partial charge >= 0.3 is 18.3 Å². The van der Waals surface area contributed by atoms with Crippen molar-refractivity contribution in [2.75, 3.05) is 7.11 Å². The predicted molar refractivity (Wildman–Crippen MR) is 154 cm³/mol. The lowest BCUT2D eigenvalue weighted by Gasteiger charge is -2.38. The van der Waals surface area contributed by atoms with Crippen molar-refractivity contribution in [2.45, 2.75) is 64.5 Å². The average Bonchev–Trinajstić information content (AvgIpc) is 2.95. The highest BCUT2D eigenvalue weighted by Crippen LogP contribution is 2.38. The molecule has 4 rings (SSSR count). The van der Waals surface area contributed by atoms with E-state index in [9.17, 15) is 14.4 Å². The molecule has 3 aromatic carbocycles. The summed E-state index contributed by atoms with van der Waals surface area (Å²) in [5, 5.41) is 5.52. The highest BCUT2D eigenvalue weighted by Gasteiger charge is 2.42. The molecule has 2 N–H and O–H groups in total. The fourth-order valence-electron chi connectivity index (χ4n) is 4.57. The second-order valence-electron chi connectivity index (χ2n) is 10.9. The number of fused-ring (bicyclic) bond motifs is 1. The Morgan fingerprint density at radius 1 is 0.881 bits per heavy atom. The lowest BCUT2D eigenvalue weighted by Crippen LogP contribution is -2.56. The molecule has 1 aliphatic rings. The van der Waals surface area contributed by atoms with E-state index in [0.29, 0.717) is 24.3 Å². The lowest BCUT2D eigenvalue weighted by molar-refractivity contribution is -0.0600. The van der Waals surface area contributed by atoms with Gasteiger partial charge in [0, 0.05) is 30.5 Å². The summed E-state index contributed by atoms with van der Waals surface area (Å²) in [4.78, 5) is 37.3. The largest absolute Gasteiger partial charge is 0.510 e. The number of alkyl carbamates (subject to hydrolysis) is 2. The van der Waals surface area contributed by atoms with E-state index in [1.54, 1.807) is 32.9 Å². The number of aryl methyl sites for hydroxylation is 1. The van der Waals surface area contributed by atoms with Gasteiger partial charge in [-0.1, -0.05) is 60.7 Å². The molecule has 222 valence electrons. The van der Waals surface area contributed by atoms with Gasteiger partial charge in [-0.3, -0.25) is 5.32 Å². The molecule has 1 aliphatic carbocycles. The van der Waals surface area contributed by atoms with Gasteiger partial charge in [-0.05, 0) is 50.5 Å². The monoisotopic (exact) mass is 576 g/mol. The number of hydrogen-bond donors (Lipinski definition) is 2. The number of benzene rings is 3. The quantitative estimate of drug-likeness (QED) is 0.180. The summed E-state index contributed by atoms with van der Waals surface area (Å²) in [6.07, 6.45) is -1.27. The molecule has 42 heavy (non-hydrogen) atoms. The first kappa shape index (κ1) is 30.2. The number of carbonyl (C=O) groups excluding carboxylic acids is 3. The van der Waals surface area contributed by atoms with E-state index in [1.807, 2.05) is 60.7 Å². The topological polar surface area (TPSA) is 121 Å². The maximum absolute atomic E-state index is 12.7. The summed E-state index contributed by atoms with van der Waals surface area (Å²) < 4.78 is 27.5. The van der Waals surface area contributed by atoms with Gasteiger partial charge in [-0.2, -0.15) is 0 Å². The number of rotatable bonds is 8. The third-order valence-electron chi connectivity index (χ3n) is 6.49. The van der Waals surface area contributed by atoms with Crippen molar-refractivity contribution in [3.63, 3.8) is 0 Å². The Morgan fingerprint density at radius 2 is 1.60 bits per heavy atom. The van der Waals surface area contributed by atoms with Crippen molar-refractivity contribution in [3.05, 3.63) is 95.1 Å². The highest BCUT2D eigenvalue weighted by molar-refractivity contribution is 5.70. The Balaban J connectivity index is 1.50. The van der Waals surface area contributed by atoms with Crippen LogP contribution in [-0.4, -0.2) is 36.8 Å². The fourth-order valence-corrected chi connectivity index (χ4v) is 4.57. The Labute approximate surface area is 245 Å². The van der Waals surface area contributed by atoms with Gasteiger partial charge in [0.05, 0.1) is 7.11 Å². The number of methoxy groups -OCH3 is 1. The molecule has 3 aromatic rings. The van der Waals surface area contributed by atoms with Gasteiger partial charge in [0.1, 0.15) is 23.7 Å². The number of para-hydroxylation sites is 1. The Bertz CT molecular complexity index is 1400. The predicted octanol–water partition coefficient (Wildman–Crippen LogP) is 6.40. The zero-order valence-electron chi connectivity index (χ0n) is 24.2. The number of hydrogen-bond acceptors (Lipinski definition) is 8. The van der Waals surface area contributed by atoms with Crippen LogP contribution in [0.5, 0.6) is 11.5 Å². The zero-order valence-corrected chi connectivity index (χ0v) is 24.2. The van der Waals surface area contributed by atoms with Gasteiger partial charge in [0.2, 0.25) is 0 Å². The van der Waals surface area contributed by atoms with Gasteiger partial charge in [-0.15, -0.1) is 0 Å². The molecule has 0 unspecified atom stereocenters. The SMILES string of the molecule is COC(=O)O[C@]1(NC(=O)OC(C)(C)C)CCc2cccc(Oc3ccccc3CNC(=O)OCc3ccccc3)c2C1.